The van der Waals surface area contributed by atoms with Crippen LogP contribution in [0.4, 0.5) is 0 Å². The number of piperazine rings is 1. The number of imidazole rings is 1. The lowest BCUT2D eigenvalue weighted by Gasteiger charge is -2.41. The topological polar surface area (TPSA) is 58.4 Å². The van der Waals surface area contributed by atoms with Gasteiger partial charge in [-0.1, -0.05) is 30.3 Å². The van der Waals surface area contributed by atoms with Crippen molar-refractivity contribution in [3.05, 3.63) is 54.6 Å². The van der Waals surface area contributed by atoms with E-state index in [2.05, 4.69) is 4.98 Å². The largest absolute Gasteiger partial charge is 0.339 e. The van der Waals surface area contributed by atoms with Gasteiger partial charge in [-0.25, -0.2) is 4.98 Å². The maximum atomic E-state index is 12.6. The van der Waals surface area contributed by atoms with Crippen molar-refractivity contribution in [2.75, 3.05) is 19.6 Å². The Labute approximate surface area is 148 Å². The zero-order valence-electron chi connectivity index (χ0n) is 14.5. The van der Waals surface area contributed by atoms with Crippen molar-refractivity contribution >= 4 is 11.8 Å². The molecule has 1 fully saturated rings. The minimum atomic E-state index is -0.0648. The lowest BCUT2D eigenvalue weighted by Crippen LogP contribution is -2.51. The second kappa shape index (κ2) is 7.96. The summed E-state index contributed by atoms with van der Waals surface area (Å²) in [6.45, 7) is 4.14. The molecule has 0 saturated carbocycles. The summed E-state index contributed by atoms with van der Waals surface area (Å²) in [5, 5.41) is 0. The van der Waals surface area contributed by atoms with Crippen LogP contribution in [0.25, 0.3) is 0 Å². The molecule has 0 N–H and O–H groups in total. The highest BCUT2D eigenvalue weighted by Crippen LogP contribution is 2.26. The van der Waals surface area contributed by atoms with E-state index in [4.69, 9.17) is 0 Å². The first-order valence-electron chi connectivity index (χ1n) is 8.71. The van der Waals surface area contributed by atoms with Gasteiger partial charge in [0.25, 0.3) is 0 Å². The van der Waals surface area contributed by atoms with Crippen molar-refractivity contribution in [2.45, 2.75) is 32.4 Å². The molecule has 1 aromatic heterocycles. The summed E-state index contributed by atoms with van der Waals surface area (Å²) in [5.41, 5.74) is 1.08. The lowest BCUT2D eigenvalue weighted by atomic mass is 10.0. The third-order valence-electron chi connectivity index (χ3n) is 4.69. The summed E-state index contributed by atoms with van der Waals surface area (Å²) in [6, 6.07) is 9.88. The van der Waals surface area contributed by atoms with Crippen LogP contribution in [0.15, 0.2) is 49.1 Å². The highest BCUT2D eigenvalue weighted by atomic mass is 16.2. The third-order valence-corrected chi connectivity index (χ3v) is 4.69. The molecule has 2 aromatic rings. The molecule has 1 unspecified atom stereocenters. The predicted molar refractivity (Wildman–Crippen MR) is 94.6 cm³/mol. The standard InChI is InChI=1S/C19H24N4O2/c1-16(24)23-13-12-22(14-18(23)17-6-3-2-4-7-17)19(25)8-5-10-21-11-9-20-15-21/h2-4,6-7,9,11,15,18H,5,8,10,12-14H2,1H3. The second-order valence-electron chi connectivity index (χ2n) is 6.38. The zero-order chi connectivity index (χ0) is 17.6. The Hall–Kier alpha value is -2.63. The van der Waals surface area contributed by atoms with E-state index >= 15 is 0 Å². The first-order chi connectivity index (χ1) is 12.1. The van der Waals surface area contributed by atoms with Crippen LogP contribution < -0.4 is 0 Å². The van der Waals surface area contributed by atoms with Gasteiger partial charge in [-0.3, -0.25) is 9.59 Å². The summed E-state index contributed by atoms with van der Waals surface area (Å²) >= 11 is 0. The molecule has 1 aliphatic heterocycles. The summed E-state index contributed by atoms with van der Waals surface area (Å²) in [6.07, 6.45) is 6.72. The van der Waals surface area contributed by atoms with Gasteiger partial charge >= 0.3 is 0 Å². The minimum absolute atomic E-state index is 0.0565. The number of carbonyl (C=O) groups excluding carboxylic acids is 2. The van der Waals surface area contributed by atoms with Gasteiger partial charge in [-0.2, -0.15) is 0 Å². The van der Waals surface area contributed by atoms with Crippen LogP contribution in [0.5, 0.6) is 0 Å². The summed E-state index contributed by atoms with van der Waals surface area (Å²) in [5.74, 6) is 0.213. The number of amides is 2. The van der Waals surface area contributed by atoms with Crippen LogP contribution in [0, 0.1) is 0 Å². The maximum absolute atomic E-state index is 12.6. The van der Waals surface area contributed by atoms with E-state index < -0.39 is 0 Å². The molecule has 1 atom stereocenters. The summed E-state index contributed by atoms with van der Waals surface area (Å²) in [7, 11) is 0. The van der Waals surface area contributed by atoms with Crippen LogP contribution in [0.3, 0.4) is 0 Å². The molecular weight excluding hydrogens is 316 g/mol. The van der Waals surface area contributed by atoms with Gasteiger partial charge in [0.2, 0.25) is 11.8 Å². The van der Waals surface area contributed by atoms with Crippen LogP contribution in [0.2, 0.25) is 0 Å². The minimum Gasteiger partial charge on any atom is -0.339 e. The molecule has 2 amide bonds. The van der Waals surface area contributed by atoms with E-state index in [1.165, 1.54) is 0 Å². The van der Waals surface area contributed by atoms with E-state index in [1.54, 1.807) is 19.4 Å². The quantitative estimate of drug-likeness (QED) is 0.837. The fourth-order valence-electron chi connectivity index (χ4n) is 3.34. The van der Waals surface area contributed by atoms with Gasteiger partial charge in [0.15, 0.2) is 0 Å². The Bertz CT molecular complexity index is 699. The van der Waals surface area contributed by atoms with E-state index in [1.807, 2.05) is 50.9 Å². The number of benzene rings is 1. The summed E-state index contributed by atoms with van der Waals surface area (Å²) in [4.78, 5) is 32.3. The van der Waals surface area contributed by atoms with Crippen molar-refractivity contribution in [1.29, 1.82) is 0 Å². The molecule has 2 heterocycles. The van der Waals surface area contributed by atoms with Gasteiger partial charge in [0, 0.05) is 51.9 Å². The Morgan fingerprint density at radius 2 is 2.00 bits per heavy atom. The van der Waals surface area contributed by atoms with Crippen LogP contribution in [-0.4, -0.2) is 50.8 Å². The highest BCUT2D eigenvalue weighted by Gasteiger charge is 2.31. The van der Waals surface area contributed by atoms with Gasteiger partial charge in [-0.05, 0) is 12.0 Å². The molecule has 0 aliphatic carbocycles. The van der Waals surface area contributed by atoms with Crippen molar-refractivity contribution in [1.82, 2.24) is 19.4 Å². The molecule has 0 radical (unpaired) electrons. The van der Waals surface area contributed by atoms with E-state index in [9.17, 15) is 9.59 Å². The summed E-state index contributed by atoms with van der Waals surface area (Å²) < 4.78 is 1.98. The number of carbonyl (C=O) groups is 2. The molecule has 0 spiro atoms. The molecule has 6 heteroatoms. The Morgan fingerprint density at radius 1 is 1.20 bits per heavy atom. The lowest BCUT2D eigenvalue weighted by molar-refractivity contribution is -0.142. The maximum Gasteiger partial charge on any atom is 0.222 e. The molecule has 1 aromatic carbocycles. The molecule has 1 saturated heterocycles. The van der Waals surface area contributed by atoms with E-state index in [0.717, 1.165) is 18.5 Å². The predicted octanol–water partition coefficient (Wildman–Crippen LogP) is 2.10. The Morgan fingerprint density at radius 3 is 2.68 bits per heavy atom. The van der Waals surface area contributed by atoms with Crippen molar-refractivity contribution < 1.29 is 9.59 Å². The van der Waals surface area contributed by atoms with Gasteiger partial charge in [0.1, 0.15) is 0 Å². The average Bonchev–Trinajstić information content (AvgIpc) is 3.15. The van der Waals surface area contributed by atoms with Crippen molar-refractivity contribution in [2.24, 2.45) is 0 Å². The molecule has 132 valence electrons. The fourth-order valence-corrected chi connectivity index (χ4v) is 3.34. The van der Waals surface area contributed by atoms with Gasteiger partial charge in [-0.15, -0.1) is 0 Å². The normalized spacial score (nSPS) is 17.6. The van der Waals surface area contributed by atoms with E-state index in [0.29, 0.717) is 26.1 Å². The molecular formula is C19H24N4O2. The number of hydrogen-bond acceptors (Lipinski definition) is 3. The van der Waals surface area contributed by atoms with Gasteiger partial charge < -0.3 is 14.4 Å². The molecule has 6 nitrogen and oxygen atoms in total. The number of aromatic nitrogens is 2. The average molecular weight is 340 g/mol. The molecule has 3 rings (SSSR count). The van der Waals surface area contributed by atoms with Crippen LogP contribution in [0.1, 0.15) is 31.4 Å². The van der Waals surface area contributed by atoms with Crippen molar-refractivity contribution in [3.8, 4) is 0 Å². The SMILES string of the molecule is CC(=O)N1CCN(C(=O)CCCn2ccnc2)CC1c1ccccc1. The molecule has 25 heavy (non-hydrogen) atoms. The van der Waals surface area contributed by atoms with Gasteiger partial charge in [0.05, 0.1) is 12.4 Å². The zero-order valence-corrected chi connectivity index (χ0v) is 14.5. The van der Waals surface area contributed by atoms with Crippen LogP contribution in [-0.2, 0) is 16.1 Å². The number of hydrogen-bond donors (Lipinski definition) is 0. The van der Waals surface area contributed by atoms with Crippen molar-refractivity contribution in [3.63, 3.8) is 0 Å². The first-order valence-corrected chi connectivity index (χ1v) is 8.71. The molecule has 1 aliphatic rings. The second-order valence-corrected chi connectivity index (χ2v) is 6.38. The highest BCUT2D eigenvalue weighted by molar-refractivity contribution is 5.78. The Kier molecular flexibility index (Phi) is 5.48. The van der Waals surface area contributed by atoms with E-state index in [-0.39, 0.29) is 17.9 Å². The fraction of sp³-hybridized carbons (Fsp3) is 0.421. The number of nitrogens with zero attached hydrogens (tertiary/aromatic N) is 4. The monoisotopic (exact) mass is 340 g/mol. The first kappa shape index (κ1) is 17.2. The number of aryl methyl sites for hydroxylation is 1. The number of rotatable bonds is 5. The van der Waals surface area contributed by atoms with Crippen LogP contribution >= 0.6 is 0 Å². The Balaban J connectivity index is 1.61. The molecule has 0 bridgehead atoms. The third kappa shape index (κ3) is 4.26. The smallest absolute Gasteiger partial charge is 0.222 e.